The van der Waals surface area contributed by atoms with Crippen LogP contribution in [0.15, 0.2) is 92.7 Å². The van der Waals surface area contributed by atoms with E-state index in [4.69, 9.17) is 13.3 Å². The minimum atomic E-state index is -0.355. The van der Waals surface area contributed by atoms with Gasteiger partial charge in [0.2, 0.25) is 0 Å². The van der Waals surface area contributed by atoms with Crippen LogP contribution in [0.2, 0.25) is 0 Å². The fourth-order valence-corrected chi connectivity index (χ4v) is 2.86. The van der Waals surface area contributed by atoms with Gasteiger partial charge < -0.3 is 23.5 Å². The van der Waals surface area contributed by atoms with Crippen molar-refractivity contribution in [3.63, 3.8) is 0 Å². The fraction of sp³-hybridized carbons (Fsp3) is 0.0909. The number of anilines is 1. The van der Waals surface area contributed by atoms with Crippen LogP contribution in [0.1, 0.15) is 32.4 Å². The fourth-order valence-electron chi connectivity index (χ4n) is 2.86. The molecule has 0 saturated heterocycles. The number of hydrogen-bond donors (Lipinski definition) is 1. The van der Waals surface area contributed by atoms with Gasteiger partial charge in [-0.05, 0) is 60.7 Å². The summed E-state index contributed by atoms with van der Waals surface area (Å²) >= 11 is 0. The Balaban J connectivity index is 1.48. The van der Waals surface area contributed by atoms with E-state index in [1.54, 1.807) is 66.0 Å². The van der Waals surface area contributed by atoms with Crippen molar-refractivity contribution in [2.75, 3.05) is 5.32 Å². The van der Waals surface area contributed by atoms with Crippen molar-refractivity contribution in [2.24, 2.45) is 0 Å². The van der Waals surface area contributed by atoms with Gasteiger partial charge in [-0.2, -0.15) is 0 Å². The van der Waals surface area contributed by atoms with Crippen LogP contribution in [0.3, 0.4) is 0 Å². The Morgan fingerprint density at radius 2 is 1.34 bits per heavy atom. The van der Waals surface area contributed by atoms with Crippen LogP contribution in [0.25, 0.3) is 0 Å². The van der Waals surface area contributed by atoms with E-state index in [1.807, 2.05) is 12.1 Å². The molecule has 0 radical (unpaired) electrons. The number of nitrogens with one attached hydrogen (secondary N) is 1. The van der Waals surface area contributed by atoms with Gasteiger partial charge in [0.05, 0.1) is 31.9 Å². The summed E-state index contributed by atoms with van der Waals surface area (Å²) in [7, 11) is 0. The second-order valence-corrected chi connectivity index (χ2v) is 6.33. The molecule has 0 bridgehead atoms. The summed E-state index contributed by atoms with van der Waals surface area (Å²) in [4.78, 5) is 26.7. The first kappa shape index (κ1) is 18.4. The molecule has 0 saturated carbocycles. The van der Waals surface area contributed by atoms with Gasteiger partial charge >= 0.3 is 0 Å². The quantitative estimate of drug-likeness (QED) is 0.500. The molecule has 0 aliphatic rings. The molecule has 0 spiro atoms. The second-order valence-electron chi connectivity index (χ2n) is 6.33. The van der Waals surface area contributed by atoms with E-state index in [1.165, 1.54) is 6.26 Å². The predicted octanol–water partition coefficient (Wildman–Crippen LogP) is 4.56. The molecule has 7 heteroatoms. The van der Waals surface area contributed by atoms with Gasteiger partial charge in [-0.15, -0.1) is 0 Å². The lowest BCUT2D eigenvalue weighted by Crippen LogP contribution is -2.29. The van der Waals surface area contributed by atoms with E-state index >= 15 is 0 Å². The van der Waals surface area contributed by atoms with Gasteiger partial charge in [0.15, 0.2) is 5.76 Å². The molecule has 4 aromatic rings. The van der Waals surface area contributed by atoms with Crippen LogP contribution in [0.5, 0.6) is 0 Å². The Morgan fingerprint density at radius 3 is 1.86 bits per heavy atom. The minimum Gasteiger partial charge on any atom is -0.467 e. The first-order valence-electron chi connectivity index (χ1n) is 8.98. The van der Waals surface area contributed by atoms with Crippen LogP contribution in [-0.4, -0.2) is 16.7 Å². The average molecular weight is 390 g/mol. The average Bonchev–Trinajstić information content (AvgIpc) is 3.50. The molecule has 0 unspecified atom stereocenters. The Kier molecular flexibility index (Phi) is 5.29. The molecule has 3 aromatic heterocycles. The summed E-state index contributed by atoms with van der Waals surface area (Å²) in [6, 6.07) is 17.1. The van der Waals surface area contributed by atoms with Gasteiger partial charge in [0.25, 0.3) is 11.8 Å². The first-order chi connectivity index (χ1) is 14.2. The first-order valence-corrected chi connectivity index (χ1v) is 8.98. The number of benzene rings is 1. The molecule has 2 amide bonds. The topological polar surface area (TPSA) is 88.8 Å². The molecule has 3 heterocycles. The third-order valence-electron chi connectivity index (χ3n) is 4.28. The molecule has 0 aliphatic carbocycles. The molecule has 0 atom stereocenters. The number of nitrogens with zero attached hydrogens (tertiary/aromatic N) is 1. The van der Waals surface area contributed by atoms with Crippen LogP contribution in [0, 0.1) is 0 Å². The van der Waals surface area contributed by atoms with Gasteiger partial charge in [-0.1, -0.05) is 0 Å². The van der Waals surface area contributed by atoms with Crippen molar-refractivity contribution in [3.05, 3.63) is 102 Å². The molecular weight excluding hydrogens is 372 g/mol. The number of furan rings is 3. The Hall–Kier alpha value is -4.00. The van der Waals surface area contributed by atoms with Crippen LogP contribution < -0.4 is 5.32 Å². The standard InChI is InChI=1S/C22H18N2O5/c25-21(20-6-3-13-29-20)23-17-9-7-16(8-10-17)22(26)24(14-18-4-1-11-27-18)15-19-5-2-12-28-19/h1-13H,14-15H2,(H,23,25). The van der Waals surface area contributed by atoms with Crippen molar-refractivity contribution in [1.82, 2.24) is 4.90 Å². The highest BCUT2D eigenvalue weighted by molar-refractivity contribution is 6.02. The second kappa shape index (κ2) is 8.35. The summed E-state index contributed by atoms with van der Waals surface area (Å²) in [5.41, 5.74) is 1.05. The minimum absolute atomic E-state index is 0.179. The number of carbonyl (C=O) groups excluding carboxylic acids is 2. The highest BCUT2D eigenvalue weighted by Gasteiger charge is 2.19. The van der Waals surface area contributed by atoms with Crippen LogP contribution in [-0.2, 0) is 13.1 Å². The predicted molar refractivity (Wildman–Crippen MR) is 104 cm³/mol. The number of rotatable bonds is 7. The highest BCUT2D eigenvalue weighted by Crippen LogP contribution is 2.17. The van der Waals surface area contributed by atoms with Crippen molar-refractivity contribution in [1.29, 1.82) is 0 Å². The Morgan fingerprint density at radius 1 is 0.759 bits per heavy atom. The van der Waals surface area contributed by atoms with Gasteiger partial charge in [0.1, 0.15) is 11.5 Å². The van der Waals surface area contributed by atoms with Crippen molar-refractivity contribution >= 4 is 17.5 Å². The van der Waals surface area contributed by atoms with Gasteiger partial charge in [-0.25, -0.2) is 0 Å². The summed E-state index contributed by atoms with van der Waals surface area (Å²) in [6.07, 6.45) is 4.58. The maximum Gasteiger partial charge on any atom is 0.291 e. The van der Waals surface area contributed by atoms with E-state index in [2.05, 4.69) is 5.32 Å². The summed E-state index contributed by atoms with van der Waals surface area (Å²) in [5.74, 6) is 1.03. The number of amides is 2. The largest absolute Gasteiger partial charge is 0.467 e. The van der Waals surface area contributed by atoms with Crippen LogP contribution >= 0.6 is 0 Å². The lowest BCUT2D eigenvalue weighted by molar-refractivity contribution is 0.0705. The van der Waals surface area contributed by atoms with Crippen molar-refractivity contribution in [3.8, 4) is 0 Å². The molecule has 1 N–H and O–H groups in total. The summed E-state index contributed by atoms with van der Waals surface area (Å²) < 4.78 is 15.8. The SMILES string of the molecule is O=C(Nc1ccc(C(=O)N(Cc2ccco2)Cc2ccco2)cc1)c1ccco1. The smallest absolute Gasteiger partial charge is 0.291 e. The zero-order valence-electron chi connectivity index (χ0n) is 15.4. The molecule has 29 heavy (non-hydrogen) atoms. The van der Waals surface area contributed by atoms with E-state index in [-0.39, 0.29) is 17.6 Å². The molecule has 0 fully saturated rings. The van der Waals surface area contributed by atoms with E-state index in [9.17, 15) is 9.59 Å². The maximum atomic E-state index is 13.1. The third kappa shape index (κ3) is 4.47. The lowest BCUT2D eigenvalue weighted by atomic mass is 10.1. The summed E-state index contributed by atoms with van der Waals surface area (Å²) in [5, 5.41) is 2.72. The van der Waals surface area contributed by atoms with Gasteiger partial charge in [-0.3, -0.25) is 9.59 Å². The third-order valence-corrected chi connectivity index (χ3v) is 4.28. The van der Waals surface area contributed by atoms with Crippen molar-refractivity contribution in [2.45, 2.75) is 13.1 Å². The monoisotopic (exact) mass is 390 g/mol. The molecule has 1 aromatic carbocycles. The summed E-state index contributed by atoms with van der Waals surface area (Å²) in [6.45, 7) is 0.618. The molecule has 0 aliphatic heterocycles. The van der Waals surface area contributed by atoms with E-state index in [0.717, 1.165) is 0 Å². The molecule has 146 valence electrons. The zero-order valence-corrected chi connectivity index (χ0v) is 15.4. The molecule has 4 rings (SSSR count). The van der Waals surface area contributed by atoms with Gasteiger partial charge in [0, 0.05) is 11.3 Å². The van der Waals surface area contributed by atoms with Crippen molar-refractivity contribution < 1.29 is 22.8 Å². The lowest BCUT2D eigenvalue weighted by Gasteiger charge is -2.21. The van der Waals surface area contributed by atoms with E-state index in [0.29, 0.717) is 35.9 Å². The van der Waals surface area contributed by atoms with Crippen LogP contribution in [0.4, 0.5) is 5.69 Å². The molecule has 7 nitrogen and oxygen atoms in total. The Bertz CT molecular complexity index is 1010. The Labute approximate surface area is 166 Å². The highest BCUT2D eigenvalue weighted by atomic mass is 16.3. The number of carbonyl (C=O) groups is 2. The number of hydrogen-bond acceptors (Lipinski definition) is 5. The van der Waals surface area contributed by atoms with E-state index < -0.39 is 0 Å². The normalized spacial score (nSPS) is 10.6. The maximum absolute atomic E-state index is 13.1. The molecular formula is C22H18N2O5. The zero-order chi connectivity index (χ0) is 20.1.